The predicted molar refractivity (Wildman–Crippen MR) is 89.0 cm³/mol. The van der Waals surface area contributed by atoms with Crippen LogP contribution in [0, 0.1) is 0 Å². The van der Waals surface area contributed by atoms with E-state index < -0.39 is 0 Å². The zero-order valence-corrected chi connectivity index (χ0v) is 13.6. The third-order valence-electron chi connectivity index (χ3n) is 3.63. The average molecular weight is 315 g/mol. The van der Waals surface area contributed by atoms with Crippen LogP contribution < -0.4 is 9.47 Å². The van der Waals surface area contributed by atoms with Crippen LogP contribution in [0.5, 0.6) is 11.5 Å². The molecular weight excluding hydrogens is 294 g/mol. The van der Waals surface area contributed by atoms with Crippen LogP contribution in [0.3, 0.4) is 0 Å². The number of amides is 1. The third kappa shape index (κ3) is 3.81. The molecule has 0 heterocycles. The molecule has 23 heavy (non-hydrogen) atoms. The van der Waals surface area contributed by atoms with E-state index in [9.17, 15) is 4.79 Å². The summed E-state index contributed by atoms with van der Waals surface area (Å²) in [5.74, 6) is 1.32. The van der Waals surface area contributed by atoms with Crippen LogP contribution in [0.1, 0.15) is 10.4 Å². The maximum absolute atomic E-state index is 12.2. The minimum absolute atomic E-state index is 0.0522. The number of benzene rings is 2. The van der Waals surface area contributed by atoms with E-state index >= 15 is 0 Å². The fourth-order valence-corrected chi connectivity index (χ4v) is 2.30. The molecule has 0 aromatic heterocycles. The van der Waals surface area contributed by atoms with Crippen LogP contribution in [0.2, 0.25) is 0 Å². The number of likely N-dealkylation sites (N-methyl/N-ethyl adjacent to an activating group) is 1. The minimum Gasteiger partial charge on any atom is -0.497 e. The van der Waals surface area contributed by atoms with Gasteiger partial charge in [-0.1, -0.05) is 12.1 Å². The molecule has 2 rings (SSSR count). The van der Waals surface area contributed by atoms with Gasteiger partial charge >= 0.3 is 0 Å². The summed E-state index contributed by atoms with van der Waals surface area (Å²) in [7, 11) is 4.89. The molecule has 0 unspecified atom stereocenters. The first-order chi connectivity index (χ1) is 11.1. The van der Waals surface area contributed by atoms with Crippen LogP contribution in [-0.4, -0.2) is 50.3 Å². The molecule has 1 amide bonds. The molecule has 0 saturated carbocycles. The van der Waals surface area contributed by atoms with Crippen molar-refractivity contribution in [2.45, 2.75) is 0 Å². The number of methoxy groups -OCH3 is 2. The zero-order valence-electron chi connectivity index (χ0n) is 13.6. The van der Waals surface area contributed by atoms with Gasteiger partial charge in [0.2, 0.25) is 0 Å². The number of ether oxygens (including phenoxy) is 2. The second-order valence-corrected chi connectivity index (χ2v) is 5.09. The van der Waals surface area contributed by atoms with E-state index in [4.69, 9.17) is 14.6 Å². The summed E-state index contributed by atoms with van der Waals surface area (Å²) in [5.41, 5.74) is 2.46. The highest BCUT2D eigenvalue weighted by Crippen LogP contribution is 2.33. The summed E-state index contributed by atoms with van der Waals surface area (Å²) in [6, 6.07) is 12.9. The molecule has 0 aliphatic carbocycles. The fourth-order valence-electron chi connectivity index (χ4n) is 2.30. The smallest absolute Gasteiger partial charge is 0.253 e. The van der Waals surface area contributed by atoms with Gasteiger partial charge in [0.1, 0.15) is 11.5 Å². The van der Waals surface area contributed by atoms with Crippen LogP contribution in [-0.2, 0) is 0 Å². The first kappa shape index (κ1) is 16.8. The van der Waals surface area contributed by atoms with E-state index in [2.05, 4.69) is 0 Å². The largest absolute Gasteiger partial charge is 0.497 e. The van der Waals surface area contributed by atoms with Crippen LogP contribution in [0.4, 0.5) is 0 Å². The summed E-state index contributed by atoms with van der Waals surface area (Å²) < 4.78 is 10.6. The molecule has 2 aromatic rings. The number of carbonyl (C=O) groups excluding carboxylic acids is 1. The second-order valence-electron chi connectivity index (χ2n) is 5.09. The number of aliphatic hydroxyl groups is 1. The fraction of sp³-hybridized carbons (Fsp3) is 0.278. The van der Waals surface area contributed by atoms with Crippen molar-refractivity contribution in [3.63, 3.8) is 0 Å². The lowest BCUT2D eigenvalue weighted by Gasteiger charge is -2.16. The van der Waals surface area contributed by atoms with E-state index in [0.717, 1.165) is 16.9 Å². The minimum atomic E-state index is -0.118. The summed E-state index contributed by atoms with van der Waals surface area (Å²) in [5, 5.41) is 8.91. The number of rotatable bonds is 6. The van der Waals surface area contributed by atoms with Crippen LogP contribution in [0.25, 0.3) is 11.1 Å². The molecule has 0 bridgehead atoms. The third-order valence-corrected chi connectivity index (χ3v) is 3.63. The van der Waals surface area contributed by atoms with Crippen LogP contribution >= 0.6 is 0 Å². The van der Waals surface area contributed by atoms with Crippen molar-refractivity contribution in [2.24, 2.45) is 0 Å². The SMILES string of the molecule is COc1ccc(-c2ccc(C(=O)N(C)CCO)cc2)c(OC)c1. The lowest BCUT2D eigenvalue weighted by Crippen LogP contribution is -2.29. The summed E-state index contributed by atoms with van der Waals surface area (Å²) >= 11 is 0. The molecule has 0 fully saturated rings. The first-order valence-electron chi connectivity index (χ1n) is 7.29. The van der Waals surface area contributed by atoms with Crippen molar-refractivity contribution in [3.8, 4) is 22.6 Å². The Balaban J connectivity index is 2.28. The zero-order chi connectivity index (χ0) is 16.8. The lowest BCUT2D eigenvalue weighted by molar-refractivity contribution is 0.0767. The Kier molecular flexibility index (Phi) is 5.60. The molecule has 0 atom stereocenters. The molecule has 5 heteroatoms. The van der Waals surface area contributed by atoms with Gasteiger partial charge in [-0.05, 0) is 29.8 Å². The summed E-state index contributed by atoms with van der Waals surface area (Å²) in [4.78, 5) is 13.7. The second kappa shape index (κ2) is 7.65. The molecule has 0 saturated heterocycles. The van der Waals surface area contributed by atoms with Gasteiger partial charge in [-0.25, -0.2) is 0 Å². The van der Waals surface area contributed by atoms with E-state index in [0.29, 0.717) is 17.9 Å². The number of aliphatic hydroxyl groups excluding tert-OH is 1. The Bertz CT molecular complexity index is 667. The van der Waals surface area contributed by atoms with Crippen molar-refractivity contribution in [2.75, 3.05) is 34.4 Å². The Morgan fingerprint density at radius 2 is 1.78 bits per heavy atom. The molecule has 0 spiro atoms. The van der Waals surface area contributed by atoms with Gasteiger partial charge in [0.25, 0.3) is 5.91 Å². The van der Waals surface area contributed by atoms with Gasteiger partial charge in [-0.15, -0.1) is 0 Å². The van der Waals surface area contributed by atoms with Gasteiger partial charge in [0.15, 0.2) is 0 Å². The monoisotopic (exact) mass is 315 g/mol. The highest BCUT2D eigenvalue weighted by molar-refractivity contribution is 5.94. The molecule has 0 aliphatic heterocycles. The predicted octanol–water partition coefficient (Wildman–Crippen LogP) is 2.44. The summed E-state index contributed by atoms with van der Waals surface area (Å²) in [6.07, 6.45) is 0. The highest BCUT2D eigenvalue weighted by Gasteiger charge is 2.12. The van der Waals surface area contributed by atoms with E-state index in [-0.39, 0.29) is 12.5 Å². The Morgan fingerprint density at radius 3 is 2.35 bits per heavy atom. The molecule has 5 nitrogen and oxygen atoms in total. The number of hydrogen-bond acceptors (Lipinski definition) is 4. The maximum atomic E-state index is 12.2. The molecule has 122 valence electrons. The van der Waals surface area contributed by atoms with Gasteiger partial charge in [0, 0.05) is 30.8 Å². The molecular formula is C18H21NO4. The highest BCUT2D eigenvalue weighted by atomic mass is 16.5. The average Bonchev–Trinajstić information content (AvgIpc) is 2.60. The molecule has 0 radical (unpaired) electrons. The molecule has 0 aliphatic rings. The quantitative estimate of drug-likeness (QED) is 0.889. The van der Waals surface area contributed by atoms with Gasteiger partial charge < -0.3 is 19.5 Å². The van der Waals surface area contributed by atoms with E-state index in [1.165, 1.54) is 4.90 Å². The Morgan fingerprint density at radius 1 is 1.09 bits per heavy atom. The normalized spacial score (nSPS) is 10.3. The van der Waals surface area contributed by atoms with E-state index in [1.54, 1.807) is 33.4 Å². The number of hydrogen-bond donors (Lipinski definition) is 1. The van der Waals surface area contributed by atoms with Crippen molar-refractivity contribution in [3.05, 3.63) is 48.0 Å². The summed E-state index contributed by atoms with van der Waals surface area (Å²) in [6.45, 7) is 0.260. The Labute approximate surface area is 136 Å². The molecule has 1 N–H and O–H groups in total. The maximum Gasteiger partial charge on any atom is 0.253 e. The topological polar surface area (TPSA) is 59.0 Å². The van der Waals surface area contributed by atoms with Crippen molar-refractivity contribution < 1.29 is 19.4 Å². The van der Waals surface area contributed by atoms with E-state index in [1.807, 2.05) is 30.3 Å². The van der Waals surface area contributed by atoms with Crippen molar-refractivity contribution >= 4 is 5.91 Å². The van der Waals surface area contributed by atoms with Gasteiger partial charge in [-0.3, -0.25) is 4.79 Å². The van der Waals surface area contributed by atoms with Crippen molar-refractivity contribution in [1.82, 2.24) is 4.90 Å². The standard InChI is InChI=1S/C18H21NO4/c1-19(10-11-20)18(21)14-6-4-13(5-7-14)16-9-8-15(22-2)12-17(16)23-3/h4-9,12,20H,10-11H2,1-3H3. The Hall–Kier alpha value is -2.53. The van der Waals surface area contributed by atoms with Gasteiger partial charge in [-0.2, -0.15) is 0 Å². The lowest BCUT2D eigenvalue weighted by atomic mass is 10.0. The van der Waals surface area contributed by atoms with Crippen molar-refractivity contribution in [1.29, 1.82) is 0 Å². The van der Waals surface area contributed by atoms with Crippen LogP contribution in [0.15, 0.2) is 42.5 Å². The number of carbonyl (C=O) groups is 1. The first-order valence-corrected chi connectivity index (χ1v) is 7.29. The molecule has 2 aromatic carbocycles. The number of nitrogens with zero attached hydrogens (tertiary/aromatic N) is 1. The van der Waals surface area contributed by atoms with Gasteiger partial charge in [0.05, 0.1) is 20.8 Å².